The lowest BCUT2D eigenvalue weighted by atomic mass is 10.1. The van der Waals surface area contributed by atoms with Crippen molar-refractivity contribution in [2.24, 2.45) is 0 Å². The summed E-state index contributed by atoms with van der Waals surface area (Å²) < 4.78 is 0. The van der Waals surface area contributed by atoms with Crippen LogP contribution in [-0.2, 0) is 11.2 Å². The van der Waals surface area contributed by atoms with Gasteiger partial charge in [-0.05, 0) is 42.2 Å². The highest BCUT2D eigenvalue weighted by molar-refractivity contribution is 5.89. The second-order valence-corrected chi connectivity index (χ2v) is 6.13. The SMILES string of the molecule is CC[C@@H](c1cccnc1)N(C)C(=O)Nc1cccc(CCC(=O)NC)c1. The van der Waals surface area contributed by atoms with Gasteiger partial charge in [0, 0.05) is 38.6 Å². The minimum Gasteiger partial charge on any atom is -0.359 e. The number of hydrogen-bond donors (Lipinski definition) is 2. The lowest BCUT2D eigenvalue weighted by molar-refractivity contribution is -0.120. The molecule has 0 fully saturated rings. The van der Waals surface area contributed by atoms with Gasteiger partial charge in [0.15, 0.2) is 0 Å². The van der Waals surface area contributed by atoms with Crippen molar-refractivity contribution in [1.29, 1.82) is 0 Å². The number of benzene rings is 1. The van der Waals surface area contributed by atoms with E-state index in [4.69, 9.17) is 0 Å². The van der Waals surface area contributed by atoms with Crippen molar-refractivity contribution in [3.8, 4) is 0 Å². The summed E-state index contributed by atoms with van der Waals surface area (Å²) in [5.41, 5.74) is 2.73. The van der Waals surface area contributed by atoms with Gasteiger partial charge in [0.25, 0.3) is 0 Å². The third-order valence-electron chi connectivity index (χ3n) is 4.34. The molecule has 2 aromatic rings. The van der Waals surface area contributed by atoms with Crippen molar-refractivity contribution in [2.45, 2.75) is 32.2 Å². The van der Waals surface area contributed by atoms with Crippen LogP contribution in [0, 0.1) is 0 Å². The Morgan fingerprint density at radius 1 is 1.23 bits per heavy atom. The molecule has 0 saturated heterocycles. The van der Waals surface area contributed by atoms with Crippen LogP contribution in [-0.4, -0.2) is 35.9 Å². The maximum atomic E-state index is 12.6. The van der Waals surface area contributed by atoms with Gasteiger partial charge in [-0.25, -0.2) is 4.79 Å². The van der Waals surface area contributed by atoms with Gasteiger partial charge in [0.1, 0.15) is 0 Å². The molecule has 3 amide bonds. The van der Waals surface area contributed by atoms with Crippen molar-refractivity contribution in [3.63, 3.8) is 0 Å². The predicted molar refractivity (Wildman–Crippen MR) is 103 cm³/mol. The van der Waals surface area contributed by atoms with Crippen molar-refractivity contribution in [3.05, 3.63) is 59.9 Å². The molecule has 0 aliphatic carbocycles. The normalized spacial score (nSPS) is 11.5. The zero-order chi connectivity index (χ0) is 18.9. The largest absolute Gasteiger partial charge is 0.359 e. The third-order valence-corrected chi connectivity index (χ3v) is 4.34. The summed E-state index contributed by atoms with van der Waals surface area (Å²) in [5.74, 6) is 0.00132. The van der Waals surface area contributed by atoms with Gasteiger partial charge in [0.2, 0.25) is 5.91 Å². The maximum absolute atomic E-state index is 12.6. The molecule has 0 spiro atoms. The van der Waals surface area contributed by atoms with Crippen molar-refractivity contribution in [1.82, 2.24) is 15.2 Å². The van der Waals surface area contributed by atoms with Gasteiger partial charge in [-0.2, -0.15) is 0 Å². The summed E-state index contributed by atoms with van der Waals surface area (Å²) in [7, 11) is 3.41. The van der Waals surface area contributed by atoms with E-state index in [-0.39, 0.29) is 18.0 Å². The highest BCUT2D eigenvalue weighted by Crippen LogP contribution is 2.23. The van der Waals surface area contributed by atoms with Gasteiger partial charge in [-0.3, -0.25) is 9.78 Å². The number of carbonyl (C=O) groups is 2. The Morgan fingerprint density at radius 2 is 2.04 bits per heavy atom. The van der Waals surface area contributed by atoms with E-state index >= 15 is 0 Å². The number of carbonyl (C=O) groups excluding carboxylic acids is 2. The lowest BCUT2D eigenvalue weighted by Crippen LogP contribution is -2.34. The van der Waals surface area contributed by atoms with Crippen LogP contribution in [0.15, 0.2) is 48.8 Å². The first-order chi connectivity index (χ1) is 12.5. The number of nitrogens with zero attached hydrogens (tertiary/aromatic N) is 2. The Labute approximate surface area is 154 Å². The summed E-state index contributed by atoms with van der Waals surface area (Å²) >= 11 is 0. The molecular weight excluding hydrogens is 328 g/mol. The molecule has 26 heavy (non-hydrogen) atoms. The van der Waals surface area contributed by atoms with Crippen LogP contribution in [0.3, 0.4) is 0 Å². The molecule has 1 aromatic heterocycles. The first-order valence-corrected chi connectivity index (χ1v) is 8.78. The van der Waals surface area contributed by atoms with E-state index in [1.54, 1.807) is 31.4 Å². The molecule has 1 heterocycles. The minimum atomic E-state index is -0.177. The number of pyridine rings is 1. The van der Waals surface area contributed by atoms with Crippen molar-refractivity contribution in [2.75, 3.05) is 19.4 Å². The second kappa shape index (κ2) is 9.56. The Morgan fingerprint density at radius 3 is 2.69 bits per heavy atom. The average molecular weight is 354 g/mol. The fourth-order valence-corrected chi connectivity index (χ4v) is 2.85. The number of nitrogens with one attached hydrogen (secondary N) is 2. The van der Waals surface area contributed by atoms with E-state index in [2.05, 4.69) is 15.6 Å². The molecule has 1 aromatic carbocycles. The number of urea groups is 1. The Bertz CT molecular complexity index is 734. The van der Waals surface area contributed by atoms with Crippen LogP contribution in [0.1, 0.15) is 36.9 Å². The van der Waals surface area contributed by atoms with E-state index in [0.717, 1.165) is 23.2 Å². The summed E-state index contributed by atoms with van der Waals surface area (Å²) in [5, 5.41) is 5.55. The summed E-state index contributed by atoms with van der Waals surface area (Å²) in [6, 6.07) is 11.2. The highest BCUT2D eigenvalue weighted by Gasteiger charge is 2.20. The standard InChI is InChI=1S/C20H26N4O2/c1-4-18(16-8-6-12-22-14-16)24(3)20(26)23-17-9-5-7-15(13-17)10-11-19(25)21-2/h5-9,12-14,18H,4,10-11H2,1-3H3,(H,21,25)(H,23,26)/t18-/m0/s1. The van der Waals surface area contributed by atoms with Gasteiger partial charge in [-0.15, -0.1) is 0 Å². The van der Waals surface area contributed by atoms with Crippen LogP contribution in [0.25, 0.3) is 0 Å². The zero-order valence-electron chi connectivity index (χ0n) is 15.5. The van der Waals surface area contributed by atoms with Gasteiger partial charge >= 0.3 is 6.03 Å². The molecule has 0 bridgehead atoms. The van der Waals surface area contributed by atoms with E-state index in [1.165, 1.54) is 0 Å². The second-order valence-electron chi connectivity index (χ2n) is 6.13. The molecular formula is C20H26N4O2. The van der Waals surface area contributed by atoms with E-state index in [1.807, 2.05) is 43.3 Å². The molecule has 0 radical (unpaired) electrons. The lowest BCUT2D eigenvalue weighted by Gasteiger charge is -2.27. The third kappa shape index (κ3) is 5.31. The summed E-state index contributed by atoms with van der Waals surface area (Å²) in [6.07, 6.45) is 5.36. The molecule has 0 aliphatic rings. The Hall–Kier alpha value is -2.89. The van der Waals surface area contributed by atoms with Crippen LogP contribution in [0.2, 0.25) is 0 Å². The maximum Gasteiger partial charge on any atom is 0.322 e. The smallest absolute Gasteiger partial charge is 0.322 e. The molecule has 6 nitrogen and oxygen atoms in total. The van der Waals surface area contributed by atoms with Crippen LogP contribution < -0.4 is 10.6 Å². The van der Waals surface area contributed by atoms with Gasteiger partial charge < -0.3 is 15.5 Å². The molecule has 0 unspecified atom stereocenters. The molecule has 1 atom stereocenters. The number of aromatic nitrogens is 1. The number of hydrogen-bond acceptors (Lipinski definition) is 3. The summed E-state index contributed by atoms with van der Waals surface area (Å²) in [4.78, 5) is 29.9. The molecule has 0 saturated carbocycles. The van der Waals surface area contributed by atoms with Crippen molar-refractivity contribution >= 4 is 17.6 Å². The first-order valence-electron chi connectivity index (χ1n) is 8.78. The Kier molecular flexibility index (Phi) is 7.14. The number of amides is 3. The topological polar surface area (TPSA) is 74.3 Å². The molecule has 6 heteroatoms. The van der Waals surface area contributed by atoms with Crippen molar-refractivity contribution < 1.29 is 9.59 Å². The molecule has 2 N–H and O–H groups in total. The number of anilines is 1. The molecule has 138 valence electrons. The number of aryl methyl sites for hydroxylation is 1. The van der Waals surface area contributed by atoms with Crippen LogP contribution >= 0.6 is 0 Å². The van der Waals surface area contributed by atoms with E-state index in [9.17, 15) is 9.59 Å². The van der Waals surface area contributed by atoms with Crippen LogP contribution in [0.4, 0.5) is 10.5 Å². The highest BCUT2D eigenvalue weighted by atomic mass is 16.2. The Balaban J connectivity index is 2.03. The first kappa shape index (κ1) is 19.4. The number of rotatable bonds is 7. The zero-order valence-corrected chi connectivity index (χ0v) is 15.5. The van der Waals surface area contributed by atoms with Crippen LogP contribution in [0.5, 0.6) is 0 Å². The monoisotopic (exact) mass is 354 g/mol. The predicted octanol–water partition coefficient (Wildman–Crippen LogP) is 3.38. The van der Waals surface area contributed by atoms with E-state index in [0.29, 0.717) is 12.8 Å². The summed E-state index contributed by atoms with van der Waals surface area (Å²) in [6.45, 7) is 2.04. The molecule has 0 aliphatic heterocycles. The van der Waals surface area contributed by atoms with Gasteiger partial charge in [0.05, 0.1) is 6.04 Å². The average Bonchev–Trinajstić information content (AvgIpc) is 2.67. The van der Waals surface area contributed by atoms with E-state index < -0.39 is 0 Å². The minimum absolute atomic E-state index is 0.00132. The molecule has 2 rings (SSSR count). The van der Waals surface area contributed by atoms with Gasteiger partial charge in [-0.1, -0.05) is 25.1 Å². The fraction of sp³-hybridized carbons (Fsp3) is 0.350. The quantitative estimate of drug-likeness (QED) is 0.800. The fourth-order valence-electron chi connectivity index (χ4n) is 2.85.